The molecule has 0 unspecified atom stereocenters. The SMILES string of the molecule is O=C(N1Cc2ccccc2C1)n1nnc2ccccc21. The molecule has 1 aliphatic rings. The second-order valence-corrected chi connectivity index (χ2v) is 4.90. The highest BCUT2D eigenvalue weighted by Gasteiger charge is 2.25. The van der Waals surface area contributed by atoms with Crippen LogP contribution in [0, 0.1) is 0 Å². The number of carbonyl (C=O) groups is 1. The van der Waals surface area contributed by atoms with Crippen molar-refractivity contribution in [3.8, 4) is 0 Å². The Labute approximate surface area is 115 Å². The van der Waals surface area contributed by atoms with Crippen molar-refractivity contribution >= 4 is 17.1 Å². The molecule has 3 aromatic rings. The predicted molar refractivity (Wildman–Crippen MR) is 74.0 cm³/mol. The van der Waals surface area contributed by atoms with Gasteiger partial charge in [0.2, 0.25) is 0 Å². The summed E-state index contributed by atoms with van der Waals surface area (Å²) in [4.78, 5) is 14.4. The van der Waals surface area contributed by atoms with E-state index in [4.69, 9.17) is 0 Å². The number of para-hydroxylation sites is 1. The van der Waals surface area contributed by atoms with Crippen LogP contribution < -0.4 is 0 Å². The first-order valence-electron chi connectivity index (χ1n) is 6.49. The van der Waals surface area contributed by atoms with E-state index in [1.54, 1.807) is 4.90 Å². The molecule has 0 saturated carbocycles. The lowest BCUT2D eigenvalue weighted by Crippen LogP contribution is -2.30. The molecule has 0 atom stereocenters. The quantitative estimate of drug-likeness (QED) is 0.626. The first kappa shape index (κ1) is 11.2. The first-order valence-corrected chi connectivity index (χ1v) is 6.49. The molecule has 2 aromatic carbocycles. The van der Waals surface area contributed by atoms with Gasteiger partial charge in [-0.25, -0.2) is 4.79 Å². The summed E-state index contributed by atoms with van der Waals surface area (Å²) in [7, 11) is 0. The average Bonchev–Trinajstić information content (AvgIpc) is 3.10. The number of carbonyl (C=O) groups excluding carboxylic acids is 1. The summed E-state index contributed by atoms with van der Waals surface area (Å²) < 4.78 is 1.38. The number of hydrogen-bond acceptors (Lipinski definition) is 3. The van der Waals surface area contributed by atoms with Gasteiger partial charge in [0.15, 0.2) is 0 Å². The summed E-state index contributed by atoms with van der Waals surface area (Å²) in [6, 6.07) is 15.5. The zero-order valence-electron chi connectivity index (χ0n) is 10.7. The van der Waals surface area contributed by atoms with Crippen molar-refractivity contribution in [1.82, 2.24) is 19.9 Å². The lowest BCUT2D eigenvalue weighted by Gasteiger charge is -2.14. The number of hydrogen-bond donors (Lipinski definition) is 0. The van der Waals surface area contributed by atoms with Crippen LogP contribution in [-0.4, -0.2) is 25.9 Å². The van der Waals surface area contributed by atoms with Gasteiger partial charge in [-0.15, -0.1) is 5.10 Å². The van der Waals surface area contributed by atoms with Gasteiger partial charge in [-0.3, -0.25) is 0 Å². The lowest BCUT2D eigenvalue weighted by atomic mass is 10.1. The molecule has 0 spiro atoms. The van der Waals surface area contributed by atoms with Gasteiger partial charge >= 0.3 is 6.03 Å². The second kappa shape index (κ2) is 4.16. The van der Waals surface area contributed by atoms with Crippen LogP contribution in [0.15, 0.2) is 48.5 Å². The number of amides is 1. The van der Waals surface area contributed by atoms with Crippen molar-refractivity contribution in [2.75, 3.05) is 0 Å². The summed E-state index contributed by atoms with van der Waals surface area (Å²) in [6.07, 6.45) is 0. The van der Waals surface area contributed by atoms with Gasteiger partial charge < -0.3 is 4.90 Å². The molecule has 0 N–H and O–H groups in total. The molecule has 5 heteroatoms. The molecule has 0 saturated heterocycles. The maximum atomic E-state index is 12.6. The Morgan fingerprint density at radius 1 is 0.950 bits per heavy atom. The molecule has 5 nitrogen and oxygen atoms in total. The highest BCUT2D eigenvalue weighted by Crippen LogP contribution is 2.23. The first-order chi connectivity index (χ1) is 9.83. The molecule has 98 valence electrons. The van der Waals surface area contributed by atoms with Crippen LogP contribution in [0.1, 0.15) is 11.1 Å². The van der Waals surface area contributed by atoms with Crippen LogP contribution in [0.5, 0.6) is 0 Å². The Balaban J connectivity index is 1.69. The Morgan fingerprint density at radius 2 is 1.60 bits per heavy atom. The summed E-state index contributed by atoms with van der Waals surface area (Å²) in [5.41, 5.74) is 3.88. The zero-order valence-corrected chi connectivity index (χ0v) is 10.7. The minimum Gasteiger partial charge on any atom is -0.314 e. The Kier molecular flexibility index (Phi) is 2.32. The van der Waals surface area contributed by atoms with Crippen molar-refractivity contribution in [3.63, 3.8) is 0 Å². The molecule has 0 fully saturated rings. The van der Waals surface area contributed by atoms with Gasteiger partial charge in [-0.1, -0.05) is 41.6 Å². The van der Waals surface area contributed by atoms with E-state index in [1.807, 2.05) is 36.4 Å². The molecular formula is C15H12N4O. The Bertz CT molecular complexity index is 783. The van der Waals surface area contributed by atoms with E-state index in [9.17, 15) is 4.79 Å². The minimum absolute atomic E-state index is 0.130. The van der Waals surface area contributed by atoms with E-state index in [-0.39, 0.29) is 6.03 Å². The fourth-order valence-corrected chi connectivity index (χ4v) is 2.61. The molecule has 1 aromatic heterocycles. The van der Waals surface area contributed by atoms with E-state index >= 15 is 0 Å². The third-order valence-electron chi connectivity index (χ3n) is 3.64. The van der Waals surface area contributed by atoms with Gasteiger partial charge in [-0.05, 0) is 23.3 Å². The monoisotopic (exact) mass is 264 g/mol. The molecule has 20 heavy (non-hydrogen) atoms. The van der Waals surface area contributed by atoms with E-state index in [0.29, 0.717) is 13.1 Å². The van der Waals surface area contributed by atoms with Gasteiger partial charge in [0, 0.05) is 13.1 Å². The van der Waals surface area contributed by atoms with Crippen molar-refractivity contribution in [2.24, 2.45) is 0 Å². The highest BCUT2D eigenvalue weighted by molar-refractivity contribution is 5.87. The van der Waals surface area contributed by atoms with Crippen molar-refractivity contribution in [3.05, 3.63) is 59.7 Å². The Hall–Kier alpha value is -2.69. The van der Waals surface area contributed by atoms with Crippen LogP contribution in [0.4, 0.5) is 4.79 Å². The van der Waals surface area contributed by atoms with Crippen LogP contribution in [0.3, 0.4) is 0 Å². The predicted octanol–water partition coefficient (Wildman–Crippen LogP) is 2.42. The van der Waals surface area contributed by atoms with E-state index < -0.39 is 0 Å². The molecule has 0 bridgehead atoms. The molecule has 2 heterocycles. The molecule has 4 rings (SSSR count). The fraction of sp³-hybridized carbons (Fsp3) is 0.133. The number of rotatable bonds is 0. The summed E-state index contributed by atoms with van der Waals surface area (Å²) in [5, 5.41) is 8.00. The van der Waals surface area contributed by atoms with Crippen LogP contribution in [-0.2, 0) is 13.1 Å². The maximum Gasteiger partial charge on any atom is 0.347 e. The highest BCUT2D eigenvalue weighted by atomic mass is 16.2. The lowest BCUT2D eigenvalue weighted by molar-refractivity contribution is 0.197. The van der Waals surface area contributed by atoms with Crippen molar-refractivity contribution < 1.29 is 4.79 Å². The topological polar surface area (TPSA) is 51.0 Å². The maximum absolute atomic E-state index is 12.6. The smallest absolute Gasteiger partial charge is 0.314 e. The molecule has 0 radical (unpaired) electrons. The van der Waals surface area contributed by atoms with Gasteiger partial charge in [0.05, 0.1) is 5.52 Å². The zero-order chi connectivity index (χ0) is 13.5. The second-order valence-electron chi connectivity index (χ2n) is 4.90. The summed E-state index contributed by atoms with van der Waals surface area (Å²) in [6.45, 7) is 1.26. The van der Waals surface area contributed by atoms with Crippen LogP contribution >= 0.6 is 0 Å². The third kappa shape index (κ3) is 1.60. The Morgan fingerprint density at radius 3 is 2.35 bits per heavy atom. The van der Waals surface area contributed by atoms with Gasteiger partial charge in [0.25, 0.3) is 0 Å². The molecular weight excluding hydrogens is 252 g/mol. The standard InChI is InChI=1S/C15H12N4O/c20-15(18-9-11-5-1-2-6-12(11)10-18)19-14-8-4-3-7-13(14)16-17-19/h1-8H,9-10H2. The normalized spacial score (nSPS) is 13.7. The summed E-state index contributed by atoms with van der Waals surface area (Å²) >= 11 is 0. The van der Waals surface area contributed by atoms with E-state index in [2.05, 4.69) is 22.4 Å². The number of benzene rings is 2. The number of aromatic nitrogens is 3. The fourth-order valence-electron chi connectivity index (χ4n) is 2.61. The van der Waals surface area contributed by atoms with E-state index in [0.717, 1.165) is 11.0 Å². The molecule has 0 aliphatic carbocycles. The minimum atomic E-state index is -0.130. The summed E-state index contributed by atoms with van der Waals surface area (Å²) in [5.74, 6) is 0. The number of nitrogens with zero attached hydrogens (tertiary/aromatic N) is 4. The third-order valence-corrected chi connectivity index (χ3v) is 3.64. The van der Waals surface area contributed by atoms with E-state index in [1.165, 1.54) is 15.8 Å². The number of fused-ring (bicyclic) bond motifs is 2. The van der Waals surface area contributed by atoms with Crippen LogP contribution in [0.25, 0.3) is 11.0 Å². The van der Waals surface area contributed by atoms with Gasteiger partial charge in [0.1, 0.15) is 5.52 Å². The molecule has 1 aliphatic heterocycles. The molecule has 1 amide bonds. The average molecular weight is 264 g/mol. The van der Waals surface area contributed by atoms with Gasteiger partial charge in [-0.2, -0.15) is 4.68 Å². The largest absolute Gasteiger partial charge is 0.347 e. The van der Waals surface area contributed by atoms with Crippen molar-refractivity contribution in [1.29, 1.82) is 0 Å². The van der Waals surface area contributed by atoms with Crippen LogP contribution in [0.2, 0.25) is 0 Å². The van der Waals surface area contributed by atoms with Crippen molar-refractivity contribution in [2.45, 2.75) is 13.1 Å².